The zero-order valence-electron chi connectivity index (χ0n) is 7.56. The van der Waals surface area contributed by atoms with Gasteiger partial charge in [0.2, 0.25) is 0 Å². The maximum Gasteiger partial charge on any atom is 0.179 e. The predicted octanol–water partition coefficient (Wildman–Crippen LogP) is 1.44. The number of carbonyl (C=O) groups is 1. The summed E-state index contributed by atoms with van der Waals surface area (Å²) in [7, 11) is -3.23. The van der Waals surface area contributed by atoms with E-state index in [1.54, 1.807) is 18.2 Å². The standard InChI is InChI=1S/C10H10O3S/c11-9-5-3-7-14(12,13)10-6-2-1-4-8(9)10/h1-2,4,6H,3,5,7H2. The van der Waals surface area contributed by atoms with Gasteiger partial charge in [-0.15, -0.1) is 0 Å². The molecule has 1 aliphatic rings. The van der Waals surface area contributed by atoms with Crippen LogP contribution in [0.1, 0.15) is 23.2 Å². The first-order valence-electron chi connectivity index (χ1n) is 4.46. The van der Waals surface area contributed by atoms with Crippen molar-refractivity contribution in [3.63, 3.8) is 0 Å². The Balaban J connectivity index is 2.71. The summed E-state index contributed by atoms with van der Waals surface area (Å²) in [5.74, 6) is 0.0112. The zero-order chi connectivity index (χ0) is 10.2. The van der Waals surface area contributed by atoms with Gasteiger partial charge in [-0.2, -0.15) is 0 Å². The van der Waals surface area contributed by atoms with E-state index in [4.69, 9.17) is 0 Å². The first-order chi connectivity index (χ1) is 6.61. The first-order valence-corrected chi connectivity index (χ1v) is 6.11. The summed E-state index contributed by atoms with van der Waals surface area (Å²) in [4.78, 5) is 11.7. The summed E-state index contributed by atoms with van der Waals surface area (Å²) in [5.41, 5.74) is 0.352. The van der Waals surface area contributed by atoms with Crippen molar-refractivity contribution in [1.29, 1.82) is 0 Å². The van der Waals surface area contributed by atoms with E-state index in [9.17, 15) is 13.2 Å². The molecule has 3 nitrogen and oxygen atoms in total. The lowest BCUT2D eigenvalue weighted by molar-refractivity contribution is 0.0980. The molecule has 0 atom stereocenters. The van der Waals surface area contributed by atoms with Gasteiger partial charge in [0.1, 0.15) is 0 Å². The van der Waals surface area contributed by atoms with Crippen molar-refractivity contribution in [2.45, 2.75) is 17.7 Å². The van der Waals surface area contributed by atoms with Crippen molar-refractivity contribution in [3.05, 3.63) is 29.8 Å². The minimum atomic E-state index is -3.23. The average molecular weight is 210 g/mol. The Morgan fingerprint density at radius 1 is 1.14 bits per heavy atom. The summed E-state index contributed by atoms with van der Waals surface area (Å²) in [6, 6.07) is 6.43. The Bertz CT molecular complexity index is 474. The molecule has 74 valence electrons. The topological polar surface area (TPSA) is 51.2 Å². The van der Waals surface area contributed by atoms with Crippen LogP contribution in [0, 0.1) is 0 Å². The smallest absolute Gasteiger partial charge is 0.179 e. The number of Topliss-reactive ketones (excluding diaryl/α,β-unsaturated/α-hetero) is 1. The Kier molecular flexibility index (Phi) is 2.15. The zero-order valence-corrected chi connectivity index (χ0v) is 8.38. The predicted molar refractivity (Wildman–Crippen MR) is 52.1 cm³/mol. The second-order valence-corrected chi connectivity index (χ2v) is 5.42. The maximum absolute atomic E-state index is 11.7. The van der Waals surface area contributed by atoms with Gasteiger partial charge in [0.15, 0.2) is 15.6 Å². The highest BCUT2D eigenvalue weighted by atomic mass is 32.2. The largest absolute Gasteiger partial charge is 0.294 e. The molecular formula is C10H10O3S. The molecule has 1 aromatic rings. The van der Waals surface area contributed by atoms with Crippen molar-refractivity contribution in [2.24, 2.45) is 0 Å². The lowest BCUT2D eigenvalue weighted by Gasteiger charge is -2.03. The van der Waals surface area contributed by atoms with Crippen molar-refractivity contribution < 1.29 is 13.2 Å². The molecule has 0 unspecified atom stereocenters. The van der Waals surface area contributed by atoms with Crippen molar-refractivity contribution in [3.8, 4) is 0 Å². The van der Waals surface area contributed by atoms with Crippen LogP contribution in [0.2, 0.25) is 0 Å². The quantitative estimate of drug-likeness (QED) is 0.651. The van der Waals surface area contributed by atoms with Crippen molar-refractivity contribution in [2.75, 3.05) is 5.75 Å². The summed E-state index contributed by atoms with van der Waals surface area (Å²) in [6.45, 7) is 0. The van der Waals surface area contributed by atoms with Gasteiger partial charge in [0.25, 0.3) is 0 Å². The van der Waals surface area contributed by atoms with E-state index in [1.165, 1.54) is 6.07 Å². The molecule has 0 amide bonds. The molecule has 0 fully saturated rings. The van der Waals surface area contributed by atoms with Crippen LogP contribution in [0.3, 0.4) is 0 Å². The second-order valence-electron chi connectivity index (χ2n) is 3.34. The molecule has 4 heteroatoms. The second kappa shape index (κ2) is 3.20. The van der Waals surface area contributed by atoms with Gasteiger partial charge >= 0.3 is 0 Å². The minimum Gasteiger partial charge on any atom is -0.294 e. The van der Waals surface area contributed by atoms with Gasteiger partial charge in [0.05, 0.1) is 10.6 Å². The SMILES string of the molecule is O=C1CCCS(=O)(=O)c2ccccc21. The Hall–Kier alpha value is -1.16. The molecule has 1 aliphatic heterocycles. The summed E-state index contributed by atoms with van der Waals surface area (Å²) < 4.78 is 23.4. The van der Waals surface area contributed by atoms with E-state index < -0.39 is 9.84 Å². The Morgan fingerprint density at radius 3 is 2.64 bits per heavy atom. The number of sulfone groups is 1. The lowest BCUT2D eigenvalue weighted by atomic mass is 10.1. The van der Waals surface area contributed by atoms with Crippen LogP contribution in [-0.2, 0) is 9.84 Å². The third-order valence-corrected chi connectivity index (χ3v) is 4.19. The lowest BCUT2D eigenvalue weighted by Crippen LogP contribution is -2.06. The number of fused-ring (bicyclic) bond motifs is 1. The maximum atomic E-state index is 11.7. The number of ketones is 1. The summed E-state index contributed by atoms with van der Waals surface area (Å²) in [6.07, 6.45) is 0.756. The van der Waals surface area contributed by atoms with Crippen LogP contribution in [-0.4, -0.2) is 20.0 Å². The van der Waals surface area contributed by atoms with E-state index in [2.05, 4.69) is 0 Å². The molecule has 0 bridgehead atoms. The van der Waals surface area contributed by atoms with Crippen LogP contribution in [0.25, 0.3) is 0 Å². The molecule has 0 saturated carbocycles. The fraction of sp³-hybridized carbons (Fsp3) is 0.300. The van der Waals surface area contributed by atoms with E-state index in [-0.39, 0.29) is 16.4 Å². The van der Waals surface area contributed by atoms with Gasteiger partial charge in [-0.25, -0.2) is 8.42 Å². The number of rotatable bonds is 0. The van der Waals surface area contributed by atoms with Gasteiger partial charge < -0.3 is 0 Å². The summed E-state index contributed by atoms with van der Waals surface area (Å²) in [5, 5.41) is 0. The molecule has 0 spiro atoms. The van der Waals surface area contributed by atoms with Crippen LogP contribution in [0.15, 0.2) is 29.2 Å². The fourth-order valence-electron chi connectivity index (χ4n) is 1.64. The summed E-state index contributed by atoms with van der Waals surface area (Å²) >= 11 is 0. The van der Waals surface area contributed by atoms with Crippen LogP contribution in [0.4, 0.5) is 0 Å². The van der Waals surface area contributed by atoms with E-state index in [0.29, 0.717) is 18.4 Å². The monoisotopic (exact) mass is 210 g/mol. The molecule has 0 aliphatic carbocycles. The average Bonchev–Trinajstić information content (AvgIpc) is 2.27. The van der Waals surface area contributed by atoms with E-state index in [1.807, 2.05) is 0 Å². The first kappa shape index (κ1) is 9.40. The van der Waals surface area contributed by atoms with E-state index in [0.717, 1.165) is 0 Å². The van der Waals surface area contributed by atoms with Gasteiger partial charge in [-0.3, -0.25) is 4.79 Å². The van der Waals surface area contributed by atoms with Gasteiger partial charge in [-0.1, -0.05) is 18.2 Å². The molecule has 0 N–H and O–H groups in total. The van der Waals surface area contributed by atoms with Crippen molar-refractivity contribution in [1.82, 2.24) is 0 Å². The number of hydrogen-bond donors (Lipinski definition) is 0. The molecule has 0 saturated heterocycles. The van der Waals surface area contributed by atoms with Crippen LogP contribution < -0.4 is 0 Å². The molecule has 0 aromatic heterocycles. The molecule has 1 aromatic carbocycles. The third-order valence-electron chi connectivity index (χ3n) is 2.34. The fourth-order valence-corrected chi connectivity index (χ4v) is 3.18. The molecule has 1 heterocycles. The number of carbonyl (C=O) groups excluding carboxylic acids is 1. The highest BCUT2D eigenvalue weighted by molar-refractivity contribution is 7.91. The van der Waals surface area contributed by atoms with Gasteiger partial charge in [0, 0.05) is 12.0 Å². The molecular weight excluding hydrogens is 200 g/mol. The third kappa shape index (κ3) is 1.46. The highest BCUT2D eigenvalue weighted by Crippen LogP contribution is 2.23. The highest BCUT2D eigenvalue weighted by Gasteiger charge is 2.25. The molecule has 2 rings (SSSR count). The molecule has 14 heavy (non-hydrogen) atoms. The normalized spacial score (nSPS) is 19.9. The van der Waals surface area contributed by atoms with Crippen LogP contribution >= 0.6 is 0 Å². The molecule has 0 radical (unpaired) electrons. The Morgan fingerprint density at radius 2 is 1.86 bits per heavy atom. The van der Waals surface area contributed by atoms with Crippen LogP contribution in [0.5, 0.6) is 0 Å². The van der Waals surface area contributed by atoms with E-state index >= 15 is 0 Å². The number of hydrogen-bond acceptors (Lipinski definition) is 3. The minimum absolute atomic E-state index is 0.0679. The Labute approximate surface area is 82.7 Å². The van der Waals surface area contributed by atoms with Gasteiger partial charge in [-0.05, 0) is 12.5 Å². The van der Waals surface area contributed by atoms with Crippen molar-refractivity contribution >= 4 is 15.6 Å². The number of benzene rings is 1.